The number of rotatable bonds is 17. The number of hydrogen-bond acceptors (Lipinski definition) is 17. The molecule has 0 radical (unpaired) electrons. The Morgan fingerprint density at radius 1 is 0.680 bits per heavy atom. The van der Waals surface area contributed by atoms with Gasteiger partial charge in [0.2, 0.25) is 6.29 Å². The van der Waals surface area contributed by atoms with Crippen molar-refractivity contribution in [2.24, 2.45) is 22.9 Å². The molecule has 4 aliphatic rings. The van der Waals surface area contributed by atoms with Crippen LogP contribution in [0.5, 0.6) is 0 Å². The van der Waals surface area contributed by atoms with E-state index in [2.05, 4.69) is 10.6 Å². The molecule has 294 valence electrons. The molecule has 0 aromatic carbocycles. The summed E-state index contributed by atoms with van der Waals surface area (Å²) in [5.74, 6) is 0. The van der Waals surface area contributed by atoms with Crippen molar-refractivity contribution in [2.45, 2.75) is 139 Å². The van der Waals surface area contributed by atoms with Crippen molar-refractivity contribution in [3.63, 3.8) is 0 Å². The van der Waals surface area contributed by atoms with Crippen LogP contribution in [-0.4, -0.2) is 152 Å². The van der Waals surface area contributed by atoms with Crippen LogP contribution >= 0.6 is 0 Å². The van der Waals surface area contributed by atoms with Crippen molar-refractivity contribution in [3.05, 3.63) is 24.3 Å². The standard InChI is InChI=1S/C29H54N6O11.2C2H6/c30-17-11-19(32)26(43-22-5-1-3-9-40-22)28(24(17)38)42-15-16(36)13-34-7-8-35-14-21(37)45-46-29-25(39)18(31)12-20(33)27(29)44-23-6-2-4-10-41-23;2*1-2/h1-4,16-29,34-39H,5-15,30-33H2;2*1-2H3/t16?,17-,18-,19+,20+,21?,22?,23?,24+,25+,26-,27-,28-,29-;;/m1../s1. The molecule has 17 nitrogen and oxygen atoms in total. The summed E-state index contributed by atoms with van der Waals surface area (Å²) in [5.41, 5.74) is 24.6. The van der Waals surface area contributed by atoms with Gasteiger partial charge >= 0.3 is 0 Å². The van der Waals surface area contributed by atoms with Gasteiger partial charge in [0.15, 0.2) is 12.6 Å². The van der Waals surface area contributed by atoms with Gasteiger partial charge in [-0.1, -0.05) is 52.0 Å². The van der Waals surface area contributed by atoms with Crippen LogP contribution in [0.4, 0.5) is 0 Å². The summed E-state index contributed by atoms with van der Waals surface area (Å²) < 4.78 is 29.0. The van der Waals surface area contributed by atoms with Crippen LogP contribution < -0.4 is 33.6 Å². The van der Waals surface area contributed by atoms with Gasteiger partial charge < -0.3 is 77.7 Å². The molecule has 0 amide bonds. The summed E-state index contributed by atoms with van der Waals surface area (Å²) >= 11 is 0. The lowest BCUT2D eigenvalue weighted by molar-refractivity contribution is -0.417. The molecule has 2 fully saturated rings. The topological polar surface area (TPSA) is 274 Å². The van der Waals surface area contributed by atoms with Gasteiger partial charge in [-0.2, -0.15) is 0 Å². The van der Waals surface area contributed by atoms with Gasteiger partial charge in [0.1, 0.15) is 30.5 Å². The summed E-state index contributed by atoms with van der Waals surface area (Å²) in [5, 5.41) is 48.1. The zero-order chi connectivity index (χ0) is 37.1. The van der Waals surface area contributed by atoms with E-state index in [1.54, 1.807) is 0 Å². The fourth-order valence-electron chi connectivity index (χ4n) is 5.87. The molecule has 2 aliphatic heterocycles. The Hall–Kier alpha value is -1.20. The second-order valence-corrected chi connectivity index (χ2v) is 12.2. The summed E-state index contributed by atoms with van der Waals surface area (Å²) in [6.45, 7) is 9.84. The lowest BCUT2D eigenvalue weighted by Crippen LogP contribution is -2.63. The van der Waals surface area contributed by atoms with Gasteiger partial charge in [-0.3, -0.25) is 0 Å². The molecular weight excluding hydrogens is 656 g/mol. The van der Waals surface area contributed by atoms with Crippen molar-refractivity contribution in [1.29, 1.82) is 0 Å². The molecular formula is C33H66N6O11. The van der Waals surface area contributed by atoms with Crippen LogP contribution in [-0.2, 0) is 33.5 Å². The van der Waals surface area contributed by atoms with Gasteiger partial charge in [0.05, 0.1) is 32.0 Å². The molecule has 2 saturated carbocycles. The highest BCUT2D eigenvalue weighted by atomic mass is 17.2. The minimum absolute atomic E-state index is 0.0122. The minimum Gasteiger partial charge on any atom is -0.389 e. The third-order valence-corrected chi connectivity index (χ3v) is 8.43. The Labute approximate surface area is 296 Å². The fraction of sp³-hybridized carbons (Fsp3) is 0.879. The average molecular weight is 723 g/mol. The molecule has 0 saturated heterocycles. The summed E-state index contributed by atoms with van der Waals surface area (Å²) in [6.07, 6.45) is 0.756. The number of aliphatic hydroxyl groups excluding tert-OH is 4. The van der Waals surface area contributed by atoms with Crippen LogP contribution in [0, 0.1) is 0 Å². The van der Waals surface area contributed by atoms with Crippen LogP contribution in [0.2, 0.25) is 0 Å². The molecule has 14 N–H and O–H groups in total. The van der Waals surface area contributed by atoms with Crippen LogP contribution in [0.3, 0.4) is 0 Å². The third kappa shape index (κ3) is 14.7. The second-order valence-electron chi connectivity index (χ2n) is 12.2. The average Bonchev–Trinajstić information content (AvgIpc) is 3.13. The molecule has 2 aliphatic carbocycles. The fourth-order valence-corrected chi connectivity index (χ4v) is 5.87. The van der Waals surface area contributed by atoms with Crippen molar-refractivity contribution >= 4 is 0 Å². The highest BCUT2D eigenvalue weighted by Crippen LogP contribution is 2.28. The van der Waals surface area contributed by atoms with Crippen LogP contribution in [0.1, 0.15) is 53.4 Å². The minimum atomic E-state index is -1.36. The maximum atomic E-state index is 10.7. The first-order chi connectivity index (χ1) is 24.1. The van der Waals surface area contributed by atoms with Crippen LogP contribution in [0.15, 0.2) is 24.3 Å². The first-order valence-corrected chi connectivity index (χ1v) is 18.1. The Bertz CT molecular complexity index is 871. The second kappa shape index (κ2) is 24.9. The maximum absolute atomic E-state index is 10.7. The molecule has 0 aromatic heterocycles. The SMILES string of the molecule is CC.CC.N[C@@H]1C[C@H](N)[C@@H](OC2CC=CCO2)[C@H](OCC(O)CNCCNCC(O)OO[C@@H]2[C@@H](O)[C@H](N)C[C@H](N)[C@H]2OC2CC=CCO2)[C@H]1O. The van der Waals surface area contributed by atoms with E-state index in [1.165, 1.54) is 0 Å². The Morgan fingerprint density at radius 2 is 1.16 bits per heavy atom. The van der Waals surface area contributed by atoms with E-state index >= 15 is 0 Å². The highest BCUT2D eigenvalue weighted by Gasteiger charge is 2.46. The van der Waals surface area contributed by atoms with Gasteiger partial charge in [-0.25, -0.2) is 9.78 Å². The monoisotopic (exact) mass is 722 g/mol. The number of nitrogens with one attached hydrogen (secondary N) is 2. The van der Waals surface area contributed by atoms with Crippen molar-refractivity contribution < 1.29 is 53.9 Å². The lowest BCUT2D eigenvalue weighted by Gasteiger charge is -2.43. The molecule has 0 aromatic rings. The Morgan fingerprint density at radius 3 is 1.66 bits per heavy atom. The molecule has 4 unspecified atom stereocenters. The zero-order valence-corrected chi connectivity index (χ0v) is 30.1. The Balaban J connectivity index is 0.00000209. The quantitative estimate of drug-likeness (QED) is 0.0251. The highest BCUT2D eigenvalue weighted by molar-refractivity contribution is 5.00. The van der Waals surface area contributed by atoms with Gasteiger partial charge in [0.25, 0.3) is 0 Å². The van der Waals surface area contributed by atoms with E-state index in [-0.39, 0.29) is 19.7 Å². The van der Waals surface area contributed by atoms with Gasteiger partial charge in [0, 0.05) is 63.2 Å². The zero-order valence-electron chi connectivity index (χ0n) is 30.1. The summed E-state index contributed by atoms with van der Waals surface area (Å²) in [6, 6.07) is -2.22. The number of hydrogen-bond donors (Lipinski definition) is 10. The van der Waals surface area contributed by atoms with E-state index in [0.29, 0.717) is 52.0 Å². The normalized spacial score (nSPS) is 36.8. The first-order valence-electron chi connectivity index (χ1n) is 18.1. The van der Waals surface area contributed by atoms with Crippen molar-refractivity contribution in [3.8, 4) is 0 Å². The molecule has 2 heterocycles. The van der Waals surface area contributed by atoms with Crippen molar-refractivity contribution in [2.75, 3.05) is 46.0 Å². The Kier molecular flexibility index (Phi) is 22.4. The molecule has 4 rings (SSSR count). The maximum Gasteiger partial charge on any atom is 0.201 e. The molecule has 0 spiro atoms. The van der Waals surface area contributed by atoms with E-state index in [9.17, 15) is 20.4 Å². The van der Waals surface area contributed by atoms with E-state index in [0.717, 1.165) is 0 Å². The summed E-state index contributed by atoms with van der Waals surface area (Å²) in [4.78, 5) is 10.5. The van der Waals surface area contributed by atoms with E-state index < -0.39 is 85.8 Å². The number of nitrogens with two attached hydrogens (primary N) is 4. The molecule has 17 heteroatoms. The first kappa shape index (κ1) is 45.0. The van der Waals surface area contributed by atoms with E-state index in [4.69, 9.17) is 56.4 Å². The summed E-state index contributed by atoms with van der Waals surface area (Å²) in [7, 11) is 0. The number of aliphatic hydroxyl groups is 4. The van der Waals surface area contributed by atoms with Crippen molar-refractivity contribution in [1.82, 2.24) is 10.6 Å². The van der Waals surface area contributed by atoms with Crippen LogP contribution in [0.25, 0.3) is 0 Å². The van der Waals surface area contributed by atoms with Gasteiger partial charge in [-0.15, -0.1) is 0 Å². The van der Waals surface area contributed by atoms with Gasteiger partial charge in [-0.05, 0) is 12.8 Å². The lowest BCUT2D eigenvalue weighted by atomic mass is 9.84. The largest absolute Gasteiger partial charge is 0.389 e. The molecule has 50 heavy (non-hydrogen) atoms. The molecule has 14 atom stereocenters. The molecule has 0 bridgehead atoms. The van der Waals surface area contributed by atoms with E-state index in [1.807, 2.05) is 52.0 Å². The third-order valence-electron chi connectivity index (χ3n) is 8.43. The number of ether oxygens (including phenoxy) is 5. The predicted octanol–water partition coefficient (Wildman–Crippen LogP) is -2.19. The smallest absolute Gasteiger partial charge is 0.201 e. The predicted molar refractivity (Wildman–Crippen MR) is 186 cm³/mol.